The van der Waals surface area contributed by atoms with Crippen LogP contribution in [-0.2, 0) is 11.2 Å². The lowest BCUT2D eigenvalue weighted by Gasteiger charge is -2.33. The van der Waals surface area contributed by atoms with Gasteiger partial charge in [-0.2, -0.15) is 0 Å². The fourth-order valence-electron chi connectivity index (χ4n) is 5.24. The highest BCUT2D eigenvalue weighted by Crippen LogP contribution is 2.39. The highest BCUT2D eigenvalue weighted by molar-refractivity contribution is 5.98. The van der Waals surface area contributed by atoms with E-state index in [0.29, 0.717) is 53.3 Å². The molecule has 6 heterocycles. The molecule has 11 heteroatoms. The van der Waals surface area contributed by atoms with Gasteiger partial charge in [0.1, 0.15) is 34.1 Å². The molecule has 0 bridgehead atoms. The maximum atomic E-state index is 13.6. The summed E-state index contributed by atoms with van der Waals surface area (Å²) in [5.41, 5.74) is 11.9. The van der Waals surface area contributed by atoms with E-state index >= 15 is 0 Å². The van der Waals surface area contributed by atoms with Gasteiger partial charge >= 0.3 is 0 Å². The van der Waals surface area contributed by atoms with Crippen molar-refractivity contribution in [2.24, 2.45) is 0 Å². The summed E-state index contributed by atoms with van der Waals surface area (Å²) in [7, 11) is 1.78. The number of imidazole rings is 1. The third-order valence-electron chi connectivity index (χ3n) is 7.20. The second-order valence-corrected chi connectivity index (χ2v) is 9.48. The SMILES string of the molecule is CN(C(=O)c1cc2c(cn1)nc(N)c1cncn12)C1CCOc2cc(-c3cnc4c(c3)CC(=O)N4)ccc21. The highest BCUT2D eigenvalue weighted by Gasteiger charge is 2.30. The first kappa shape index (κ1) is 22.2. The van der Waals surface area contributed by atoms with E-state index in [-0.39, 0.29) is 17.9 Å². The number of nitrogens with two attached hydrogens (primary N) is 1. The number of nitrogens with one attached hydrogen (secondary N) is 1. The predicted octanol–water partition coefficient (Wildman–Crippen LogP) is 3.01. The smallest absolute Gasteiger partial charge is 0.272 e. The number of ether oxygens (including phenoxy) is 1. The molecule has 0 fully saturated rings. The van der Waals surface area contributed by atoms with Gasteiger partial charge in [0.15, 0.2) is 0 Å². The predicted molar refractivity (Wildman–Crippen MR) is 140 cm³/mol. The number of amides is 2. The van der Waals surface area contributed by atoms with Crippen LogP contribution in [0.3, 0.4) is 0 Å². The summed E-state index contributed by atoms with van der Waals surface area (Å²) in [5, 5.41) is 2.76. The van der Waals surface area contributed by atoms with E-state index in [4.69, 9.17) is 10.5 Å². The van der Waals surface area contributed by atoms with Crippen molar-refractivity contribution >= 4 is 40.0 Å². The molecule has 1 unspecified atom stereocenters. The van der Waals surface area contributed by atoms with Crippen LogP contribution >= 0.6 is 0 Å². The second kappa shape index (κ2) is 8.23. The van der Waals surface area contributed by atoms with Crippen molar-refractivity contribution in [3.05, 3.63) is 72.1 Å². The van der Waals surface area contributed by atoms with Crippen LogP contribution in [0.1, 0.15) is 34.1 Å². The maximum absolute atomic E-state index is 13.6. The molecule has 5 aromatic rings. The zero-order valence-electron chi connectivity index (χ0n) is 20.4. The van der Waals surface area contributed by atoms with Crippen LogP contribution in [0, 0.1) is 0 Å². The van der Waals surface area contributed by atoms with Crippen molar-refractivity contribution < 1.29 is 14.3 Å². The number of pyridine rings is 2. The van der Waals surface area contributed by atoms with Gasteiger partial charge in [-0.1, -0.05) is 12.1 Å². The fraction of sp³-hybridized carbons (Fsp3) is 0.185. The lowest BCUT2D eigenvalue weighted by atomic mass is 9.95. The van der Waals surface area contributed by atoms with Crippen molar-refractivity contribution in [3.8, 4) is 16.9 Å². The number of nitrogens with zero attached hydrogens (tertiary/aromatic N) is 6. The second-order valence-electron chi connectivity index (χ2n) is 9.48. The summed E-state index contributed by atoms with van der Waals surface area (Å²) in [6, 6.07) is 9.46. The van der Waals surface area contributed by atoms with E-state index in [0.717, 1.165) is 28.0 Å². The van der Waals surface area contributed by atoms with Gasteiger partial charge in [0.05, 0.1) is 43.3 Å². The number of rotatable bonds is 3. The first-order valence-electron chi connectivity index (χ1n) is 12.2. The van der Waals surface area contributed by atoms with Gasteiger partial charge < -0.3 is 20.7 Å². The Kier molecular flexibility index (Phi) is 4.80. The molecule has 188 valence electrons. The number of benzene rings is 1. The lowest BCUT2D eigenvalue weighted by molar-refractivity contribution is -0.115. The zero-order chi connectivity index (χ0) is 26.0. The van der Waals surface area contributed by atoms with Gasteiger partial charge in [-0.15, -0.1) is 0 Å². The van der Waals surface area contributed by atoms with Gasteiger partial charge in [-0.25, -0.2) is 19.9 Å². The number of anilines is 2. The maximum Gasteiger partial charge on any atom is 0.272 e. The van der Waals surface area contributed by atoms with Crippen molar-refractivity contribution in [3.63, 3.8) is 0 Å². The standard InChI is InChI=1S/C27H22N8O3/c1-34(27(37)18-9-21-19(11-30-18)32-25(28)22-12-29-13-35(21)22)20-4-5-38-23-7-14(2-3-17(20)23)16-6-15-8-24(36)33-26(15)31-10-16/h2-3,6-7,9-13,20H,4-5,8H2,1H3,(H2,28,32)(H,31,33,36). The lowest BCUT2D eigenvalue weighted by Crippen LogP contribution is -2.34. The molecule has 0 spiro atoms. The highest BCUT2D eigenvalue weighted by atomic mass is 16.5. The summed E-state index contributed by atoms with van der Waals surface area (Å²) in [5.74, 6) is 1.43. The number of aromatic nitrogens is 5. The largest absolute Gasteiger partial charge is 0.493 e. The average Bonchev–Trinajstić information content (AvgIpc) is 3.58. The minimum absolute atomic E-state index is 0.0512. The van der Waals surface area contributed by atoms with E-state index in [1.165, 1.54) is 0 Å². The molecule has 0 saturated heterocycles. The van der Waals surface area contributed by atoms with Gasteiger partial charge in [0.2, 0.25) is 5.91 Å². The number of hydrogen-bond donors (Lipinski definition) is 2. The molecule has 0 saturated carbocycles. The monoisotopic (exact) mass is 506 g/mol. The molecule has 38 heavy (non-hydrogen) atoms. The molecule has 1 atom stereocenters. The van der Waals surface area contributed by atoms with Gasteiger partial charge in [0.25, 0.3) is 5.91 Å². The zero-order valence-corrected chi connectivity index (χ0v) is 20.4. The molecule has 2 amide bonds. The molecular weight excluding hydrogens is 484 g/mol. The van der Waals surface area contributed by atoms with Crippen LogP contribution in [0.4, 0.5) is 11.6 Å². The molecule has 3 N–H and O–H groups in total. The summed E-state index contributed by atoms with van der Waals surface area (Å²) in [6.45, 7) is 0.476. The Morgan fingerprint density at radius 3 is 2.92 bits per heavy atom. The molecule has 0 radical (unpaired) electrons. The first-order valence-corrected chi connectivity index (χ1v) is 12.2. The summed E-state index contributed by atoms with van der Waals surface area (Å²) in [4.78, 5) is 44.3. The van der Waals surface area contributed by atoms with E-state index < -0.39 is 0 Å². The van der Waals surface area contributed by atoms with Crippen LogP contribution in [0.2, 0.25) is 0 Å². The third kappa shape index (κ3) is 3.43. The molecule has 0 aliphatic carbocycles. The minimum Gasteiger partial charge on any atom is -0.493 e. The normalized spacial score (nSPS) is 16.1. The number of fused-ring (bicyclic) bond motifs is 5. The summed E-state index contributed by atoms with van der Waals surface area (Å²) >= 11 is 0. The van der Waals surface area contributed by atoms with Crippen molar-refractivity contribution in [1.82, 2.24) is 29.2 Å². The van der Waals surface area contributed by atoms with E-state index in [1.807, 2.05) is 24.3 Å². The van der Waals surface area contributed by atoms with Crippen molar-refractivity contribution in [1.29, 1.82) is 0 Å². The topological polar surface area (TPSA) is 141 Å². The number of nitrogen functional groups attached to an aromatic ring is 1. The van der Waals surface area contributed by atoms with Crippen LogP contribution in [0.15, 0.2) is 55.2 Å². The molecule has 1 aromatic carbocycles. The number of hydrogen-bond acceptors (Lipinski definition) is 8. The Balaban J connectivity index is 1.20. The minimum atomic E-state index is -0.209. The molecule has 2 aliphatic rings. The van der Waals surface area contributed by atoms with Crippen LogP contribution in [-0.4, -0.2) is 54.7 Å². The molecular formula is C27H22N8O3. The summed E-state index contributed by atoms with van der Waals surface area (Å²) in [6.07, 6.45) is 7.56. The van der Waals surface area contributed by atoms with Gasteiger partial charge in [-0.05, 0) is 23.8 Å². The van der Waals surface area contributed by atoms with Crippen LogP contribution in [0.5, 0.6) is 5.75 Å². The van der Waals surface area contributed by atoms with E-state index in [1.54, 1.807) is 47.3 Å². The number of carbonyl (C=O) groups is 2. The van der Waals surface area contributed by atoms with E-state index in [2.05, 4.69) is 25.3 Å². The van der Waals surface area contributed by atoms with Gasteiger partial charge in [-0.3, -0.25) is 14.0 Å². The third-order valence-corrected chi connectivity index (χ3v) is 7.20. The molecule has 2 aliphatic heterocycles. The van der Waals surface area contributed by atoms with E-state index in [9.17, 15) is 9.59 Å². The fourth-order valence-corrected chi connectivity index (χ4v) is 5.24. The van der Waals surface area contributed by atoms with Crippen molar-refractivity contribution in [2.75, 3.05) is 24.7 Å². The quantitative estimate of drug-likeness (QED) is 0.381. The summed E-state index contributed by atoms with van der Waals surface area (Å²) < 4.78 is 7.81. The number of carbonyl (C=O) groups excluding carboxylic acids is 2. The molecule has 4 aromatic heterocycles. The Bertz CT molecular complexity index is 1800. The Labute approximate surface area is 216 Å². The van der Waals surface area contributed by atoms with Crippen LogP contribution in [0.25, 0.3) is 27.7 Å². The molecule has 7 rings (SSSR count). The Morgan fingerprint density at radius 1 is 1.13 bits per heavy atom. The van der Waals surface area contributed by atoms with Gasteiger partial charge in [0, 0.05) is 36.4 Å². The average molecular weight is 507 g/mol. The first-order chi connectivity index (χ1) is 18.5. The molecule has 11 nitrogen and oxygen atoms in total. The Hall–Kier alpha value is -5.06. The van der Waals surface area contributed by atoms with Crippen LogP contribution < -0.4 is 15.8 Å². The Morgan fingerprint density at radius 2 is 2.03 bits per heavy atom. The van der Waals surface area contributed by atoms with Crippen molar-refractivity contribution in [2.45, 2.75) is 18.9 Å².